The lowest BCUT2D eigenvalue weighted by Gasteiger charge is -2.14. The zero-order valence-electron chi connectivity index (χ0n) is 12.3. The van der Waals surface area contributed by atoms with E-state index in [4.69, 9.17) is 4.84 Å². The van der Waals surface area contributed by atoms with Gasteiger partial charge in [0, 0.05) is 36.0 Å². The Morgan fingerprint density at radius 2 is 1.95 bits per heavy atom. The van der Waals surface area contributed by atoms with Crippen molar-refractivity contribution in [2.75, 3.05) is 19.5 Å². The molecule has 0 aliphatic heterocycles. The van der Waals surface area contributed by atoms with Crippen LogP contribution in [0.25, 0.3) is 10.9 Å². The summed E-state index contributed by atoms with van der Waals surface area (Å²) in [6, 6.07) is 11.4. The van der Waals surface area contributed by atoms with Crippen molar-refractivity contribution in [3.05, 3.63) is 54.5 Å². The molecule has 112 valence electrons. The smallest absolute Gasteiger partial charge is 0.295 e. The van der Waals surface area contributed by atoms with E-state index in [0.717, 1.165) is 22.3 Å². The number of fused-ring (bicyclic) bond motifs is 1. The van der Waals surface area contributed by atoms with E-state index in [1.807, 2.05) is 36.4 Å². The minimum atomic E-state index is -0.254. The van der Waals surface area contributed by atoms with E-state index in [1.165, 1.54) is 12.2 Å². The molecule has 0 radical (unpaired) electrons. The van der Waals surface area contributed by atoms with Gasteiger partial charge in [-0.05, 0) is 18.2 Å². The number of anilines is 2. The van der Waals surface area contributed by atoms with Gasteiger partial charge in [0.1, 0.15) is 5.69 Å². The number of pyridine rings is 1. The van der Waals surface area contributed by atoms with Crippen LogP contribution in [0.1, 0.15) is 10.5 Å². The van der Waals surface area contributed by atoms with Crippen molar-refractivity contribution >= 4 is 28.2 Å². The number of rotatable bonds is 4. The summed E-state index contributed by atoms with van der Waals surface area (Å²) in [5, 5.41) is 5.40. The highest BCUT2D eigenvalue weighted by molar-refractivity contribution is 6.08. The molecule has 1 amide bonds. The first kappa shape index (κ1) is 14.1. The molecule has 0 aliphatic rings. The molecule has 0 saturated heterocycles. The Hall–Kier alpha value is -2.86. The highest BCUT2D eigenvalue weighted by Gasteiger charge is 2.21. The fraction of sp³-hybridized carbons (Fsp3) is 0.125. The summed E-state index contributed by atoms with van der Waals surface area (Å²) in [5.41, 5.74) is 2.90. The zero-order valence-corrected chi connectivity index (χ0v) is 12.3. The number of para-hydroxylation sites is 1. The third kappa shape index (κ3) is 2.51. The SMILES string of the molecule is CON(C)C(=O)c1[nH]c2ccccc2c1Nc1ccncc1. The van der Waals surface area contributed by atoms with Crippen LogP contribution < -0.4 is 5.32 Å². The molecule has 2 N–H and O–H groups in total. The second-order valence-corrected chi connectivity index (χ2v) is 4.77. The van der Waals surface area contributed by atoms with E-state index in [0.29, 0.717) is 5.69 Å². The average molecular weight is 296 g/mol. The van der Waals surface area contributed by atoms with Gasteiger partial charge in [-0.2, -0.15) is 0 Å². The van der Waals surface area contributed by atoms with Crippen molar-refractivity contribution in [3.63, 3.8) is 0 Å². The second-order valence-electron chi connectivity index (χ2n) is 4.77. The van der Waals surface area contributed by atoms with Crippen LogP contribution in [0.3, 0.4) is 0 Å². The minimum absolute atomic E-state index is 0.254. The fourth-order valence-corrected chi connectivity index (χ4v) is 2.25. The van der Waals surface area contributed by atoms with Gasteiger partial charge in [-0.1, -0.05) is 18.2 Å². The number of carbonyl (C=O) groups excluding carboxylic acids is 1. The fourth-order valence-electron chi connectivity index (χ4n) is 2.25. The summed E-state index contributed by atoms with van der Waals surface area (Å²) >= 11 is 0. The van der Waals surface area contributed by atoms with Crippen molar-refractivity contribution < 1.29 is 9.63 Å². The van der Waals surface area contributed by atoms with Crippen molar-refractivity contribution in [2.45, 2.75) is 0 Å². The van der Waals surface area contributed by atoms with E-state index in [9.17, 15) is 4.79 Å². The molecule has 22 heavy (non-hydrogen) atoms. The van der Waals surface area contributed by atoms with Crippen LogP contribution in [0.5, 0.6) is 0 Å². The van der Waals surface area contributed by atoms with Gasteiger partial charge >= 0.3 is 0 Å². The summed E-state index contributed by atoms with van der Waals surface area (Å²) in [7, 11) is 3.03. The van der Waals surface area contributed by atoms with Gasteiger partial charge in [0.15, 0.2) is 0 Å². The molecule has 0 fully saturated rings. The topological polar surface area (TPSA) is 70.2 Å². The van der Waals surface area contributed by atoms with E-state index in [2.05, 4.69) is 15.3 Å². The number of hydrogen-bond donors (Lipinski definition) is 2. The molecule has 0 spiro atoms. The first-order valence-electron chi connectivity index (χ1n) is 6.80. The summed E-state index contributed by atoms with van der Waals surface area (Å²) in [6.07, 6.45) is 3.39. The van der Waals surface area contributed by atoms with Crippen molar-refractivity contribution in [2.24, 2.45) is 0 Å². The standard InChI is InChI=1S/C16H16N4O2/c1-20(22-2)16(21)15-14(18-11-7-9-17-10-8-11)12-5-3-4-6-13(12)19-15/h3-10,19H,1-2H3,(H,17,18). The predicted molar refractivity (Wildman–Crippen MR) is 84.9 cm³/mol. The third-order valence-electron chi connectivity index (χ3n) is 3.43. The largest absolute Gasteiger partial charge is 0.353 e. The summed E-state index contributed by atoms with van der Waals surface area (Å²) in [6.45, 7) is 0. The number of aromatic amines is 1. The van der Waals surface area contributed by atoms with E-state index in [-0.39, 0.29) is 5.91 Å². The highest BCUT2D eigenvalue weighted by atomic mass is 16.7. The Kier molecular flexibility index (Phi) is 3.76. The van der Waals surface area contributed by atoms with Gasteiger partial charge in [-0.25, -0.2) is 5.06 Å². The van der Waals surface area contributed by atoms with Crippen molar-refractivity contribution in [1.29, 1.82) is 0 Å². The molecule has 0 unspecified atom stereocenters. The van der Waals surface area contributed by atoms with Gasteiger partial charge in [0.05, 0.1) is 12.8 Å². The molecule has 0 bridgehead atoms. The Morgan fingerprint density at radius 3 is 2.68 bits per heavy atom. The van der Waals surface area contributed by atoms with Gasteiger partial charge < -0.3 is 10.3 Å². The van der Waals surface area contributed by atoms with E-state index >= 15 is 0 Å². The number of benzene rings is 1. The molecule has 3 aromatic rings. The summed E-state index contributed by atoms with van der Waals surface area (Å²) < 4.78 is 0. The number of nitrogens with zero attached hydrogens (tertiary/aromatic N) is 2. The van der Waals surface area contributed by atoms with Crippen molar-refractivity contribution in [3.8, 4) is 0 Å². The molecule has 0 aliphatic carbocycles. The Bertz CT molecular complexity index is 798. The summed E-state index contributed by atoms with van der Waals surface area (Å²) in [5.74, 6) is -0.254. The lowest BCUT2D eigenvalue weighted by molar-refractivity contribution is -0.0759. The Balaban J connectivity index is 2.11. The molecule has 2 heterocycles. The predicted octanol–water partition coefficient (Wildman–Crippen LogP) is 2.94. The number of aromatic nitrogens is 2. The molecule has 0 saturated carbocycles. The molecule has 0 atom stereocenters. The van der Waals surface area contributed by atoms with Gasteiger partial charge in [0.2, 0.25) is 0 Å². The first-order chi connectivity index (χ1) is 10.7. The average Bonchev–Trinajstić information content (AvgIpc) is 2.93. The zero-order chi connectivity index (χ0) is 15.5. The summed E-state index contributed by atoms with van der Waals surface area (Å²) in [4.78, 5) is 24.6. The minimum Gasteiger partial charge on any atom is -0.353 e. The quantitative estimate of drug-likeness (QED) is 0.726. The van der Waals surface area contributed by atoms with Crippen LogP contribution >= 0.6 is 0 Å². The van der Waals surface area contributed by atoms with E-state index < -0.39 is 0 Å². The highest BCUT2D eigenvalue weighted by Crippen LogP contribution is 2.31. The van der Waals surface area contributed by atoms with Gasteiger partial charge in [-0.15, -0.1) is 0 Å². The number of H-pyrrole nitrogens is 1. The lowest BCUT2D eigenvalue weighted by Crippen LogP contribution is -2.26. The molecule has 6 nitrogen and oxygen atoms in total. The maximum Gasteiger partial charge on any atom is 0.295 e. The van der Waals surface area contributed by atoms with Crippen LogP contribution in [0.2, 0.25) is 0 Å². The number of amides is 1. The molecule has 3 rings (SSSR count). The van der Waals surface area contributed by atoms with Crippen LogP contribution in [0.4, 0.5) is 11.4 Å². The number of nitrogens with one attached hydrogen (secondary N) is 2. The first-order valence-corrected chi connectivity index (χ1v) is 6.80. The van der Waals surface area contributed by atoms with E-state index in [1.54, 1.807) is 19.4 Å². The second kappa shape index (κ2) is 5.87. The number of hydroxylamine groups is 2. The maximum atomic E-state index is 12.5. The van der Waals surface area contributed by atoms with Crippen LogP contribution in [0, 0.1) is 0 Å². The number of carbonyl (C=O) groups is 1. The molecule has 6 heteroatoms. The molecule has 2 aromatic heterocycles. The van der Waals surface area contributed by atoms with Crippen LogP contribution in [0.15, 0.2) is 48.8 Å². The third-order valence-corrected chi connectivity index (χ3v) is 3.43. The molecular weight excluding hydrogens is 280 g/mol. The Labute approximate surface area is 127 Å². The van der Waals surface area contributed by atoms with Gasteiger partial charge in [0.25, 0.3) is 5.91 Å². The Morgan fingerprint density at radius 1 is 1.23 bits per heavy atom. The molecule has 1 aromatic carbocycles. The molecular formula is C16H16N4O2. The van der Waals surface area contributed by atoms with Crippen LogP contribution in [-0.4, -0.2) is 35.1 Å². The van der Waals surface area contributed by atoms with Gasteiger partial charge in [-0.3, -0.25) is 14.6 Å². The monoisotopic (exact) mass is 296 g/mol. The number of hydrogen-bond acceptors (Lipinski definition) is 4. The normalized spacial score (nSPS) is 10.6. The van der Waals surface area contributed by atoms with Crippen LogP contribution in [-0.2, 0) is 4.84 Å². The van der Waals surface area contributed by atoms with Crippen molar-refractivity contribution in [1.82, 2.24) is 15.0 Å². The maximum absolute atomic E-state index is 12.5. The lowest BCUT2D eigenvalue weighted by atomic mass is 10.2.